The lowest BCUT2D eigenvalue weighted by Crippen LogP contribution is -2.37. The normalized spacial score (nSPS) is 37.3. The topological polar surface area (TPSA) is 12.0 Å². The first-order chi connectivity index (χ1) is 7.83. The van der Waals surface area contributed by atoms with Crippen LogP contribution in [0.4, 0.5) is 0 Å². The van der Waals surface area contributed by atoms with E-state index in [-0.39, 0.29) is 0 Å². The largest absolute Gasteiger partial charge is 0.314 e. The van der Waals surface area contributed by atoms with E-state index < -0.39 is 0 Å². The Morgan fingerprint density at radius 3 is 2.50 bits per heavy atom. The van der Waals surface area contributed by atoms with Gasteiger partial charge in [-0.05, 0) is 68.7 Å². The van der Waals surface area contributed by atoms with E-state index >= 15 is 0 Å². The maximum absolute atomic E-state index is 3.86. The van der Waals surface area contributed by atoms with Gasteiger partial charge in [-0.1, -0.05) is 19.8 Å². The molecule has 1 nitrogen and oxygen atoms in total. The van der Waals surface area contributed by atoms with E-state index in [1.54, 1.807) is 0 Å². The summed E-state index contributed by atoms with van der Waals surface area (Å²) in [6.45, 7) is 3.72. The standard InChI is InChI=1S/C15H27N/c1-11(12-5-6-12)10-16-15-4-2-3-14(9-15)13-7-8-13/h11-16H,2-10H2,1H3. The molecule has 1 heteroatoms. The van der Waals surface area contributed by atoms with Crippen LogP contribution in [0.15, 0.2) is 0 Å². The molecule has 3 fully saturated rings. The smallest absolute Gasteiger partial charge is 0.00699 e. The third-order valence-corrected chi connectivity index (χ3v) is 5.16. The molecule has 16 heavy (non-hydrogen) atoms. The van der Waals surface area contributed by atoms with Gasteiger partial charge in [-0.3, -0.25) is 0 Å². The van der Waals surface area contributed by atoms with E-state index in [1.807, 2.05) is 0 Å². The minimum Gasteiger partial charge on any atom is -0.314 e. The molecule has 0 heterocycles. The van der Waals surface area contributed by atoms with Gasteiger partial charge < -0.3 is 5.32 Å². The summed E-state index contributed by atoms with van der Waals surface area (Å²) in [7, 11) is 0. The molecule has 0 spiro atoms. The summed E-state index contributed by atoms with van der Waals surface area (Å²) in [6, 6.07) is 0.862. The van der Waals surface area contributed by atoms with Crippen LogP contribution in [-0.4, -0.2) is 12.6 Å². The first-order valence-corrected chi connectivity index (χ1v) is 7.56. The van der Waals surface area contributed by atoms with Crippen molar-refractivity contribution in [3.05, 3.63) is 0 Å². The van der Waals surface area contributed by atoms with Gasteiger partial charge in [0.15, 0.2) is 0 Å². The molecule has 0 bridgehead atoms. The molecule has 3 rings (SSSR count). The van der Waals surface area contributed by atoms with Crippen molar-refractivity contribution in [1.82, 2.24) is 5.32 Å². The first kappa shape index (κ1) is 11.1. The van der Waals surface area contributed by atoms with Crippen LogP contribution < -0.4 is 5.32 Å². The SMILES string of the molecule is CC(CNC1CCCC(C2CC2)C1)C1CC1. The predicted molar refractivity (Wildman–Crippen MR) is 68.4 cm³/mol. The highest BCUT2D eigenvalue weighted by atomic mass is 14.9. The van der Waals surface area contributed by atoms with Crippen molar-refractivity contribution >= 4 is 0 Å². The Kier molecular flexibility index (Phi) is 3.24. The van der Waals surface area contributed by atoms with E-state index in [0.717, 1.165) is 29.7 Å². The van der Waals surface area contributed by atoms with Gasteiger partial charge >= 0.3 is 0 Å². The van der Waals surface area contributed by atoms with E-state index in [4.69, 9.17) is 0 Å². The van der Waals surface area contributed by atoms with Crippen LogP contribution >= 0.6 is 0 Å². The molecule has 0 radical (unpaired) electrons. The number of rotatable bonds is 5. The van der Waals surface area contributed by atoms with Crippen LogP contribution in [0, 0.1) is 23.7 Å². The average molecular weight is 221 g/mol. The van der Waals surface area contributed by atoms with E-state index in [2.05, 4.69) is 12.2 Å². The van der Waals surface area contributed by atoms with Gasteiger partial charge in [0.1, 0.15) is 0 Å². The van der Waals surface area contributed by atoms with Crippen molar-refractivity contribution in [3.63, 3.8) is 0 Å². The highest BCUT2D eigenvalue weighted by molar-refractivity contribution is 4.88. The summed E-state index contributed by atoms with van der Waals surface area (Å²) in [5, 5.41) is 3.86. The first-order valence-electron chi connectivity index (χ1n) is 7.56. The van der Waals surface area contributed by atoms with Crippen LogP contribution in [0.25, 0.3) is 0 Å². The Labute approximate surface area is 100 Å². The Morgan fingerprint density at radius 2 is 1.81 bits per heavy atom. The van der Waals surface area contributed by atoms with Gasteiger partial charge in [0.2, 0.25) is 0 Å². The highest BCUT2D eigenvalue weighted by Crippen LogP contribution is 2.44. The van der Waals surface area contributed by atoms with Gasteiger partial charge in [-0.2, -0.15) is 0 Å². The van der Waals surface area contributed by atoms with Crippen LogP contribution in [0.3, 0.4) is 0 Å². The van der Waals surface area contributed by atoms with Crippen molar-refractivity contribution in [1.29, 1.82) is 0 Å². The van der Waals surface area contributed by atoms with Gasteiger partial charge in [-0.15, -0.1) is 0 Å². The lowest BCUT2D eigenvalue weighted by Gasteiger charge is -2.30. The molecular formula is C15H27N. The molecule has 3 aliphatic carbocycles. The Bertz CT molecular complexity index is 230. The maximum Gasteiger partial charge on any atom is 0.00699 e. The van der Waals surface area contributed by atoms with Gasteiger partial charge in [0, 0.05) is 6.04 Å². The zero-order valence-electron chi connectivity index (χ0n) is 10.8. The second-order valence-corrected chi connectivity index (χ2v) is 6.68. The minimum atomic E-state index is 0.862. The average Bonchev–Trinajstić information content (AvgIpc) is 3.20. The molecule has 0 aliphatic heterocycles. The maximum atomic E-state index is 3.86. The quantitative estimate of drug-likeness (QED) is 0.748. The van der Waals surface area contributed by atoms with Crippen molar-refractivity contribution in [2.45, 2.75) is 64.3 Å². The van der Waals surface area contributed by atoms with E-state index in [9.17, 15) is 0 Å². The Balaban J connectivity index is 1.39. The van der Waals surface area contributed by atoms with Crippen molar-refractivity contribution in [3.8, 4) is 0 Å². The molecule has 0 amide bonds. The van der Waals surface area contributed by atoms with Crippen molar-refractivity contribution in [2.24, 2.45) is 23.7 Å². The van der Waals surface area contributed by atoms with Crippen LogP contribution in [-0.2, 0) is 0 Å². The highest BCUT2D eigenvalue weighted by Gasteiger charge is 2.35. The van der Waals surface area contributed by atoms with Crippen LogP contribution in [0.1, 0.15) is 58.3 Å². The fourth-order valence-electron chi connectivity index (χ4n) is 3.59. The molecule has 0 aromatic heterocycles. The van der Waals surface area contributed by atoms with Gasteiger partial charge in [0.25, 0.3) is 0 Å². The predicted octanol–water partition coefficient (Wildman–Crippen LogP) is 3.59. The molecule has 3 aliphatic rings. The van der Waals surface area contributed by atoms with E-state index in [1.165, 1.54) is 57.9 Å². The molecule has 92 valence electrons. The second-order valence-electron chi connectivity index (χ2n) is 6.68. The van der Waals surface area contributed by atoms with Gasteiger partial charge in [0.05, 0.1) is 0 Å². The third kappa shape index (κ3) is 2.80. The fourth-order valence-corrected chi connectivity index (χ4v) is 3.59. The Hall–Kier alpha value is -0.0400. The zero-order valence-corrected chi connectivity index (χ0v) is 10.8. The third-order valence-electron chi connectivity index (χ3n) is 5.16. The van der Waals surface area contributed by atoms with Crippen molar-refractivity contribution < 1.29 is 0 Å². The summed E-state index contributed by atoms with van der Waals surface area (Å²) in [5.74, 6) is 4.21. The Morgan fingerprint density at radius 1 is 1.00 bits per heavy atom. The molecule has 0 aromatic rings. The van der Waals surface area contributed by atoms with E-state index in [0.29, 0.717) is 0 Å². The van der Waals surface area contributed by atoms with Crippen LogP contribution in [0.5, 0.6) is 0 Å². The summed E-state index contributed by atoms with van der Waals surface area (Å²) in [5.41, 5.74) is 0. The summed E-state index contributed by atoms with van der Waals surface area (Å²) >= 11 is 0. The van der Waals surface area contributed by atoms with Crippen molar-refractivity contribution in [2.75, 3.05) is 6.54 Å². The molecule has 0 aromatic carbocycles. The molecule has 3 atom stereocenters. The van der Waals surface area contributed by atoms with Crippen LogP contribution in [0.2, 0.25) is 0 Å². The number of hydrogen-bond acceptors (Lipinski definition) is 1. The molecule has 3 saturated carbocycles. The second kappa shape index (κ2) is 4.68. The summed E-state index contributed by atoms with van der Waals surface area (Å²) in [6.07, 6.45) is 12.0. The fraction of sp³-hybridized carbons (Fsp3) is 1.00. The molecule has 0 saturated heterocycles. The number of hydrogen-bond donors (Lipinski definition) is 1. The lowest BCUT2D eigenvalue weighted by atomic mass is 9.82. The molecular weight excluding hydrogens is 194 g/mol. The summed E-state index contributed by atoms with van der Waals surface area (Å²) < 4.78 is 0. The zero-order chi connectivity index (χ0) is 11.0. The molecule has 3 unspecified atom stereocenters. The lowest BCUT2D eigenvalue weighted by molar-refractivity contribution is 0.252. The number of nitrogens with one attached hydrogen (secondary N) is 1. The van der Waals surface area contributed by atoms with Gasteiger partial charge in [-0.25, -0.2) is 0 Å². The monoisotopic (exact) mass is 221 g/mol. The molecule has 1 N–H and O–H groups in total. The summed E-state index contributed by atoms with van der Waals surface area (Å²) in [4.78, 5) is 0. The minimum absolute atomic E-state index is 0.862.